The summed E-state index contributed by atoms with van der Waals surface area (Å²) in [7, 11) is -3.53. The highest BCUT2D eigenvalue weighted by Crippen LogP contribution is 2.35. The van der Waals surface area contributed by atoms with E-state index in [9.17, 15) is 31.2 Å². The topological polar surface area (TPSA) is 141 Å². The molecule has 33 heavy (non-hydrogen) atoms. The van der Waals surface area contributed by atoms with Crippen molar-refractivity contribution < 1.29 is 26.4 Å². The van der Waals surface area contributed by atoms with Crippen LogP contribution in [0, 0.1) is 0 Å². The fourth-order valence-corrected chi connectivity index (χ4v) is 4.41. The second-order valence-electron chi connectivity index (χ2n) is 7.75. The molecule has 1 aromatic carbocycles. The van der Waals surface area contributed by atoms with Crippen LogP contribution in [0.2, 0.25) is 0 Å². The van der Waals surface area contributed by atoms with Crippen LogP contribution in [0.3, 0.4) is 0 Å². The van der Waals surface area contributed by atoms with E-state index in [-0.39, 0.29) is 41.3 Å². The summed E-state index contributed by atoms with van der Waals surface area (Å²) in [6, 6.07) is 4.04. The van der Waals surface area contributed by atoms with Crippen molar-refractivity contribution in [2.24, 2.45) is 5.73 Å². The van der Waals surface area contributed by atoms with E-state index in [2.05, 4.69) is 5.10 Å². The average Bonchev–Trinajstić information content (AvgIpc) is 2.71. The van der Waals surface area contributed by atoms with Gasteiger partial charge in [-0.25, -0.2) is 8.42 Å². The number of hydrogen-bond donors (Lipinski definition) is 2. The Labute approximate surface area is 187 Å². The molecule has 4 N–H and O–H groups in total. The molecule has 0 aliphatic carbocycles. The minimum absolute atomic E-state index is 0.0267. The second-order valence-corrected chi connectivity index (χ2v) is 9.73. The van der Waals surface area contributed by atoms with Crippen molar-refractivity contribution in [3.05, 3.63) is 63.1 Å². The number of nitrogen functional groups attached to an aromatic ring is 1. The minimum atomic E-state index is -4.64. The summed E-state index contributed by atoms with van der Waals surface area (Å²) < 4.78 is 65.4. The molecule has 9 nitrogen and oxygen atoms in total. The summed E-state index contributed by atoms with van der Waals surface area (Å²) in [5.41, 5.74) is 9.35. The molecule has 1 aromatic heterocycles. The standard InChI is InChI=1S/C20H22F3N5O4S/c1-11(12-6-13(20(21,22)23)8-14(24)7-12)16-9-17(29)28(26-18(16)19(25)30)15-4-3-5-27(10-15)33(2,31)32/h4,6-9,11H,3,5,10,24H2,1-2H3,(H2,25,30)/t11-/m1/s1. The van der Waals surface area contributed by atoms with Crippen LogP contribution in [-0.4, -0.2) is 47.8 Å². The maximum absolute atomic E-state index is 13.2. The summed E-state index contributed by atoms with van der Waals surface area (Å²) in [5, 5.41) is 4.04. The molecule has 1 aliphatic rings. The third-order valence-corrected chi connectivity index (χ3v) is 6.55. The highest BCUT2D eigenvalue weighted by Gasteiger charge is 2.32. The van der Waals surface area contributed by atoms with Crippen LogP contribution in [0.25, 0.3) is 5.70 Å². The van der Waals surface area contributed by atoms with Crippen molar-refractivity contribution in [3.8, 4) is 0 Å². The number of nitrogens with two attached hydrogens (primary N) is 2. The van der Waals surface area contributed by atoms with Crippen LogP contribution in [0.1, 0.15) is 46.4 Å². The van der Waals surface area contributed by atoms with Gasteiger partial charge in [0.15, 0.2) is 5.69 Å². The van der Waals surface area contributed by atoms with E-state index in [1.165, 1.54) is 13.0 Å². The van der Waals surface area contributed by atoms with Gasteiger partial charge in [-0.05, 0) is 35.7 Å². The zero-order chi connectivity index (χ0) is 24.7. The van der Waals surface area contributed by atoms with Gasteiger partial charge in [-0.15, -0.1) is 0 Å². The summed E-state index contributed by atoms with van der Waals surface area (Å²) in [5.74, 6) is -1.87. The van der Waals surface area contributed by atoms with E-state index >= 15 is 0 Å². The van der Waals surface area contributed by atoms with Crippen LogP contribution in [-0.2, 0) is 16.2 Å². The number of hydrogen-bond acceptors (Lipinski definition) is 6. The first-order valence-corrected chi connectivity index (χ1v) is 11.6. The lowest BCUT2D eigenvalue weighted by Gasteiger charge is -2.25. The highest BCUT2D eigenvalue weighted by atomic mass is 32.2. The Kier molecular flexibility index (Phi) is 6.40. The second kappa shape index (κ2) is 8.63. The molecular formula is C20H22F3N5O4S. The Hall–Kier alpha value is -3.19. The van der Waals surface area contributed by atoms with Gasteiger partial charge in [0.25, 0.3) is 11.5 Å². The summed E-state index contributed by atoms with van der Waals surface area (Å²) >= 11 is 0. The first kappa shape index (κ1) is 24.5. The van der Waals surface area contributed by atoms with E-state index in [1.54, 1.807) is 6.08 Å². The van der Waals surface area contributed by atoms with Gasteiger partial charge >= 0.3 is 6.18 Å². The molecule has 0 unspecified atom stereocenters. The molecule has 0 bridgehead atoms. The number of sulfonamides is 1. The number of halogens is 3. The molecule has 1 aliphatic heterocycles. The minimum Gasteiger partial charge on any atom is -0.399 e. The fraction of sp³-hybridized carbons (Fsp3) is 0.350. The van der Waals surface area contributed by atoms with Gasteiger partial charge in [0.05, 0.1) is 24.1 Å². The smallest absolute Gasteiger partial charge is 0.399 e. The monoisotopic (exact) mass is 485 g/mol. The maximum Gasteiger partial charge on any atom is 0.416 e. The van der Waals surface area contributed by atoms with Crippen molar-refractivity contribution in [2.45, 2.75) is 25.4 Å². The van der Waals surface area contributed by atoms with E-state index in [0.717, 1.165) is 33.4 Å². The van der Waals surface area contributed by atoms with Crippen LogP contribution in [0.4, 0.5) is 18.9 Å². The van der Waals surface area contributed by atoms with E-state index < -0.39 is 39.1 Å². The third-order valence-electron chi connectivity index (χ3n) is 5.30. The number of alkyl halides is 3. The molecule has 2 heterocycles. The van der Waals surface area contributed by atoms with Gasteiger partial charge in [0.2, 0.25) is 10.0 Å². The predicted octanol–water partition coefficient (Wildman–Crippen LogP) is 1.60. The van der Waals surface area contributed by atoms with Crippen molar-refractivity contribution in [2.75, 3.05) is 25.1 Å². The Morgan fingerprint density at radius 1 is 1.21 bits per heavy atom. The number of aromatic nitrogens is 2. The van der Waals surface area contributed by atoms with Crippen LogP contribution < -0.4 is 17.0 Å². The van der Waals surface area contributed by atoms with Crippen LogP contribution >= 0.6 is 0 Å². The Bertz CT molecular complexity index is 1300. The lowest BCUT2D eigenvalue weighted by Crippen LogP contribution is -2.38. The van der Waals surface area contributed by atoms with Gasteiger partial charge in [-0.2, -0.15) is 27.3 Å². The van der Waals surface area contributed by atoms with Crippen molar-refractivity contribution in [1.29, 1.82) is 0 Å². The van der Waals surface area contributed by atoms with Crippen LogP contribution in [0.15, 0.2) is 35.1 Å². The quantitative estimate of drug-likeness (QED) is 0.616. The molecule has 2 aromatic rings. The summed E-state index contributed by atoms with van der Waals surface area (Å²) in [6.07, 6.45) is -1.66. The molecule has 3 rings (SSSR count). The van der Waals surface area contributed by atoms with Gasteiger partial charge in [0.1, 0.15) is 0 Å². The molecule has 0 spiro atoms. The predicted molar refractivity (Wildman–Crippen MR) is 116 cm³/mol. The summed E-state index contributed by atoms with van der Waals surface area (Å²) in [6.45, 7) is 1.59. The number of nitrogens with zero attached hydrogens (tertiary/aromatic N) is 3. The molecular weight excluding hydrogens is 463 g/mol. The third kappa shape index (κ3) is 5.25. The van der Waals surface area contributed by atoms with Crippen molar-refractivity contribution in [1.82, 2.24) is 14.1 Å². The van der Waals surface area contributed by atoms with Gasteiger partial charge in [-0.1, -0.05) is 13.0 Å². The fourth-order valence-electron chi connectivity index (χ4n) is 3.60. The number of carbonyl (C=O) groups is 1. The molecule has 0 saturated carbocycles. The summed E-state index contributed by atoms with van der Waals surface area (Å²) in [4.78, 5) is 25.0. The first-order chi connectivity index (χ1) is 15.2. The number of amides is 1. The lowest BCUT2D eigenvalue weighted by atomic mass is 9.90. The van der Waals surface area contributed by atoms with E-state index in [0.29, 0.717) is 6.42 Å². The average molecular weight is 485 g/mol. The number of carbonyl (C=O) groups excluding carboxylic acids is 1. The number of anilines is 1. The maximum atomic E-state index is 13.2. The molecule has 13 heteroatoms. The largest absolute Gasteiger partial charge is 0.416 e. The van der Waals surface area contributed by atoms with Crippen LogP contribution in [0.5, 0.6) is 0 Å². The molecule has 0 fully saturated rings. The van der Waals surface area contributed by atoms with Gasteiger partial charge in [-0.3, -0.25) is 9.59 Å². The number of primary amides is 1. The molecule has 1 amide bonds. The molecule has 178 valence electrons. The van der Waals surface area contributed by atoms with Crippen molar-refractivity contribution >= 4 is 27.3 Å². The SMILES string of the molecule is C[C@H](c1cc(N)cc(C(F)(F)F)c1)c1cc(=O)n(C2=CCCN(S(C)(=O)=O)C2)nc1C(N)=O. The zero-order valence-corrected chi connectivity index (χ0v) is 18.6. The number of benzene rings is 1. The lowest BCUT2D eigenvalue weighted by molar-refractivity contribution is -0.137. The molecule has 0 radical (unpaired) electrons. The van der Waals surface area contributed by atoms with E-state index in [4.69, 9.17) is 11.5 Å². The van der Waals surface area contributed by atoms with E-state index in [1.807, 2.05) is 0 Å². The van der Waals surface area contributed by atoms with Gasteiger partial charge < -0.3 is 11.5 Å². The Morgan fingerprint density at radius 2 is 1.88 bits per heavy atom. The first-order valence-electron chi connectivity index (χ1n) is 9.74. The zero-order valence-electron chi connectivity index (χ0n) is 17.8. The van der Waals surface area contributed by atoms with Gasteiger partial charge in [0, 0.05) is 24.2 Å². The Balaban J connectivity index is 2.10. The molecule has 1 atom stereocenters. The highest BCUT2D eigenvalue weighted by molar-refractivity contribution is 7.88. The van der Waals surface area contributed by atoms with Crippen molar-refractivity contribution in [3.63, 3.8) is 0 Å². The molecule has 0 saturated heterocycles. The number of rotatable bonds is 5. The Morgan fingerprint density at radius 3 is 2.45 bits per heavy atom. The normalized spacial score (nSPS) is 16.3.